The van der Waals surface area contributed by atoms with Crippen LogP contribution in [0.15, 0.2) is 35.3 Å². The highest BCUT2D eigenvalue weighted by molar-refractivity contribution is 5.98. The summed E-state index contributed by atoms with van der Waals surface area (Å²) in [5.74, 6) is -9.91. The number of nitrogens with one attached hydrogen (secondary N) is 8. The maximum atomic E-state index is 14.2. The van der Waals surface area contributed by atoms with E-state index in [-0.39, 0.29) is 68.8 Å². The number of aliphatic hydroxyl groups excluding tert-OH is 1. The van der Waals surface area contributed by atoms with Gasteiger partial charge in [-0.25, -0.2) is 0 Å². The third-order valence-corrected chi connectivity index (χ3v) is 10.2. The van der Waals surface area contributed by atoms with E-state index in [2.05, 4.69) is 47.5 Å². The second-order valence-corrected chi connectivity index (χ2v) is 18.2. The lowest BCUT2D eigenvalue weighted by atomic mass is 9.99. The van der Waals surface area contributed by atoms with Crippen LogP contribution in [-0.4, -0.2) is 143 Å². The molecule has 392 valence electrons. The Kier molecular flexibility index (Phi) is 27.3. The molecule has 1 rings (SSSR count). The average Bonchev–Trinajstić information content (AvgIpc) is 3.26. The number of nitrogens with two attached hydrogens (primary N) is 4. The lowest BCUT2D eigenvalue weighted by Crippen LogP contribution is -2.60. The second kappa shape index (κ2) is 31.3. The zero-order valence-corrected chi connectivity index (χ0v) is 41.0. The molecule has 0 heterocycles. The molecule has 0 bridgehead atoms. The summed E-state index contributed by atoms with van der Waals surface area (Å²) in [4.78, 5) is 135. The highest BCUT2D eigenvalue weighted by Crippen LogP contribution is 2.12. The summed E-state index contributed by atoms with van der Waals surface area (Å²) >= 11 is 0. The van der Waals surface area contributed by atoms with E-state index in [1.165, 1.54) is 6.92 Å². The number of benzene rings is 1. The van der Waals surface area contributed by atoms with Crippen LogP contribution in [0, 0.1) is 17.8 Å². The van der Waals surface area contributed by atoms with E-state index in [4.69, 9.17) is 28.0 Å². The Hall–Kier alpha value is -6.89. The normalized spacial score (nSPS) is 14.5. The van der Waals surface area contributed by atoms with Gasteiger partial charge in [-0.2, -0.15) is 0 Å². The number of hydrogen-bond acceptors (Lipinski definition) is 13. The van der Waals surface area contributed by atoms with Crippen molar-refractivity contribution in [3.8, 4) is 0 Å². The van der Waals surface area contributed by atoms with Crippen molar-refractivity contribution in [2.45, 2.75) is 142 Å². The number of carbonyl (C=O) groups excluding carboxylic acids is 9. The number of primary amides is 1. The molecule has 0 fully saturated rings. The summed E-state index contributed by atoms with van der Waals surface area (Å²) in [5.41, 5.74) is 22.7. The molecule has 0 aliphatic carbocycles. The van der Waals surface area contributed by atoms with E-state index >= 15 is 0 Å². The smallest absolute Gasteiger partial charge is 0.322 e. The van der Waals surface area contributed by atoms with E-state index in [0.717, 1.165) is 0 Å². The van der Waals surface area contributed by atoms with Crippen LogP contribution in [0.3, 0.4) is 0 Å². The largest absolute Gasteiger partial charge is 0.480 e. The van der Waals surface area contributed by atoms with Crippen molar-refractivity contribution < 1.29 is 58.2 Å². The van der Waals surface area contributed by atoms with Gasteiger partial charge >= 0.3 is 5.97 Å². The second-order valence-electron chi connectivity index (χ2n) is 18.2. The van der Waals surface area contributed by atoms with Crippen molar-refractivity contribution in [3.63, 3.8) is 0 Å². The highest BCUT2D eigenvalue weighted by Gasteiger charge is 2.35. The number of carboxylic acid groups (broad SMARTS) is 1. The van der Waals surface area contributed by atoms with Crippen molar-refractivity contribution in [1.82, 2.24) is 42.5 Å². The van der Waals surface area contributed by atoms with Crippen LogP contribution < -0.4 is 65.5 Å². The van der Waals surface area contributed by atoms with E-state index < -0.39 is 127 Å². The fourth-order valence-corrected chi connectivity index (χ4v) is 6.75. The molecule has 1 aromatic rings. The maximum Gasteiger partial charge on any atom is 0.322 e. The first-order valence-corrected chi connectivity index (χ1v) is 23.1. The molecule has 0 spiro atoms. The molecule has 0 aromatic heterocycles. The molecule has 25 nitrogen and oxygen atoms in total. The number of nitrogens with zero attached hydrogens (tertiary/aromatic N) is 1. The first-order valence-electron chi connectivity index (χ1n) is 23.1. The lowest BCUT2D eigenvalue weighted by Gasteiger charge is -2.28. The first-order chi connectivity index (χ1) is 32.7. The average molecular weight is 990 g/mol. The summed E-state index contributed by atoms with van der Waals surface area (Å²) < 4.78 is 0. The number of carbonyl (C=O) groups is 10. The number of aliphatic hydroxyl groups is 1. The number of aliphatic carboxylic acids is 1. The Bertz CT molecular complexity index is 1960. The van der Waals surface area contributed by atoms with E-state index in [1.807, 2.05) is 0 Å². The molecule has 0 unspecified atom stereocenters. The zero-order valence-electron chi connectivity index (χ0n) is 41.0. The third kappa shape index (κ3) is 24.9. The van der Waals surface area contributed by atoms with Gasteiger partial charge in [0.05, 0.1) is 19.1 Å². The van der Waals surface area contributed by atoms with Gasteiger partial charge in [-0.3, -0.25) is 52.9 Å². The number of aliphatic imine (C=N–C) groups is 1. The predicted molar refractivity (Wildman–Crippen MR) is 257 cm³/mol. The maximum absolute atomic E-state index is 14.2. The van der Waals surface area contributed by atoms with Crippen LogP contribution in [0.4, 0.5) is 0 Å². The van der Waals surface area contributed by atoms with Gasteiger partial charge in [0.2, 0.25) is 53.2 Å². The molecule has 0 saturated carbocycles. The van der Waals surface area contributed by atoms with Crippen LogP contribution in [0.25, 0.3) is 0 Å². The summed E-state index contributed by atoms with van der Waals surface area (Å²) in [5, 5.41) is 38.6. The van der Waals surface area contributed by atoms with Crippen LogP contribution in [0.2, 0.25) is 0 Å². The number of carboxylic acids is 1. The van der Waals surface area contributed by atoms with Gasteiger partial charge in [-0.05, 0) is 62.3 Å². The number of amides is 9. The van der Waals surface area contributed by atoms with Crippen molar-refractivity contribution in [2.75, 3.05) is 19.6 Å². The van der Waals surface area contributed by atoms with Crippen LogP contribution in [0.1, 0.15) is 92.6 Å². The van der Waals surface area contributed by atoms with Crippen LogP contribution in [0.5, 0.6) is 0 Å². The molecule has 8 atom stereocenters. The Balaban J connectivity index is 3.52. The van der Waals surface area contributed by atoms with Crippen molar-refractivity contribution in [3.05, 3.63) is 35.9 Å². The number of guanidine groups is 1. The molecule has 9 amide bonds. The fraction of sp³-hybridized carbons (Fsp3) is 0.622. The van der Waals surface area contributed by atoms with E-state index in [9.17, 15) is 53.1 Å². The van der Waals surface area contributed by atoms with E-state index in [1.54, 1.807) is 71.9 Å². The van der Waals surface area contributed by atoms with E-state index in [0.29, 0.717) is 5.56 Å². The summed E-state index contributed by atoms with van der Waals surface area (Å²) in [7, 11) is 0. The quantitative estimate of drug-likeness (QED) is 0.0187. The number of hydrogen-bond donors (Lipinski definition) is 14. The molecule has 25 heteroatoms. The fourth-order valence-electron chi connectivity index (χ4n) is 6.75. The summed E-state index contributed by atoms with van der Waals surface area (Å²) in [6, 6.07) is -0.937. The molecule has 0 saturated heterocycles. The molecule has 0 aliphatic heterocycles. The minimum atomic E-state index is -1.69. The third-order valence-electron chi connectivity index (χ3n) is 10.2. The Morgan fingerprint density at radius 1 is 0.557 bits per heavy atom. The molecule has 1 aromatic carbocycles. The zero-order chi connectivity index (χ0) is 53.2. The van der Waals surface area contributed by atoms with Crippen molar-refractivity contribution >= 4 is 65.1 Å². The highest BCUT2D eigenvalue weighted by atomic mass is 16.4. The Labute approximate surface area is 408 Å². The summed E-state index contributed by atoms with van der Waals surface area (Å²) in [6.07, 6.45) is -1.87. The van der Waals surface area contributed by atoms with Gasteiger partial charge in [0.15, 0.2) is 5.96 Å². The summed E-state index contributed by atoms with van der Waals surface area (Å²) in [6.45, 7) is 10.6. The monoisotopic (exact) mass is 990 g/mol. The van der Waals surface area contributed by atoms with Gasteiger partial charge in [0.1, 0.15) is 48.8 Å². The van der Waals surface area contributed by atoms with Crippen molar-refractivity contribution in [1.29, 1.82) is 0 Å². The molecule has 70 heavy (non-hydrogen) atoms. The number of rotatable bonds is 32. The van der Waals surface area contributed by atoms with Gasteiger partial charge in [-0.15, -0.1) is 0 Å². The van der Waals surface area contributed by atoms with Crippen molar-refractivity contribution in [2.24, 2.45) is 45.7 Å². The van der Waals surface area contributed by atoms with Crippen LogP contribution >= 0.6 is 0 Å². The predicted octanol–water partition coefficient (Wildman–Crippen LogP) is -3.77. The minimum absolute atomic E-state index is 0.00372. The lowest BCUT2D eigenvalue weighted by molar-refractivity contribution is -0.138. The van der Waals surface area contributed by atoms with Gasteiger partial charge in [0.25, 0.3) is 0 Å². The SMILES string of the molecule is CC(C)C[C@H](NC(=O)CNC(=O)[C@@H](N)[C@@H](C)O)C(=O)N[C@@H](CC(N)=O)C(=O)N[C@@H](CCCN=C(N)N)C(=O)N[C@@H](CC(C)C)C(=O)N[C@@H](Cc1ccccc1)C(=O)N[C@@H](CC(C)C)C(=O)NCC(=O)O. The van der Waals surface area contributed by atoms with Gasteiger partial charge < -0.3 is 75.7 Å². The molecule has 18 N–H and O–H groups in total. The van der Waals surface area contributed by atoms with Crippen LogP contribution in [-0.2, 0) is 54.4 Å². The standard InChI is InChI=1S/C45H75N13O12/c1-23(2)16-29(38(64)52-22-36(62)63)55-42(68)32(19-27-12-9-8-10-13-27)57-41(67)31(18-25(5)6)56-39(65)28(14-11-15-50-45(48)49)54-43(69)33(20-34(46)60)58-40(66)30(17-24(3)4)53-35(61)21-51-44(70)37(47)26(7)59/h8-10,12-13,23-26,28-33,37,59H,11,14-22,47H2,1-7H3,(H2,46,60)(H,51,70)(H,52,64)(H,53,61)(H,54,69)(H,55,68)(H,56,65)(H,57,67)(H,58,66)(H,62,63)(H4,48,49,50)/t26-,28+,29+,30+,31+,32+,33+,37+/m1/s1. The molecular formula is C45H75N13O12. The molecular weight excluding hydrogens is 915 g/mol. The van der Waals surface area contributed by atoms with Gasteiger partial charge in [-0.1, -0.05) is 71.9 Å². The minimum Gasteiger partial charge on any atom is -0.480 e. The first kappa shape index (κ1) is 61.1. The Morgan fingerprint density at radius 2 is 0.986 bits per heavy atom. The Morgan fingerprint density at radius 3 is 1.47 bits per heavy atom. The van der Waals surface area contributed by atoms with Gasteiger partial charge in [0, 0.05) is 13.0 Å². The topological polar surface area (TPSA) is 424 Å². The molecule has 0 radical (unpaired) electrons. The molecule has 0 aliphatic rings.